The fourth-order valence-corrected chi connectivity index (χ4v) is 4.80. The van der Waals surface area contributed by atoms with Crippen LogP contribution in [0, 0.1) is 5.92 Å². The number of aliphatic hydroxyl groups is 1. The number of esters is 1. The van der Waals surface area contributed by atoms with Crippen LogP contribution >= 0.6 is 0 Å². The maximum atomic E-state index is 14.0. The summed E-state index contributed by atoms with van der Waals surface area (Å²) in [4.78, 5) is 18.3. The normalized spacial score (nSPS) is 17.1. The first-order valence-electron chi connectivity index (χ1n) is 12.9. The van der Waals surface area contributed by atoms with Crippen LogP contribution in [0.5, 0.6) is 0 Å². The highest BCUT2D eigenvalue weighted by molar-refractivity contribution is 5.73. The number of likely N-dealkylation sites (tertiary alicyclic amines) is 1. The quantitative estimate of drug-likeness (QED) is 0.286. The van der Waals surface area contributed by atoms with Gasteiger partial charge in [-0.3, -0.25) is 9.69 Å². The number of aromatic nitrogens is 3. The van der Waals surface area contributed by atoms with Gasteiger partial charge in [0, 0.05) is 24.2 Å². The first-order valence-corrected chi connectivity index (χ1v) is 12.9. The number of carbonyl (C=O) groups is 1. The van der Waals surface area contributed by atoms with Gasteiger partial charge < -0.3 is 18.9 Å². The summed E-state index contributed by atoms with van der Waals surface area (Å²) in [6.07, 6.45) is -3.99. The predicted octanol–water partition coefficient (Wildman–Crippen LogP) is 5.39. The van der Waals surface area contributed by atoms with Crippen LogP contribution in [-0.2, 0) is 15.7 Å². The third kappa shape index (κ3) is 5.92. The summed E-state index contributed by atoms with van der Waals surface area (Å²) in [5, 5.41) is 18.2. The Morgan fingerprint density at radius 1 is 1.10 bits per heavy atom. The second-order valence-electron chi connectivity index (χ2n) is 9.51. The topological polar surface area (TPSA) is 115 Å². The lowest BCUT2D eigenvalue weighted by Gasteiger charge is -2.32. The van der Waals surface area contributed by atoms with E-state index in [0.717, 1.165) is 19.4 Å². The second kappa shape index (κ2) is 11.6. The number of nitrogens with zero attached hydrogens (tertiary/aromatic N) is 4. The van der Waals surface area contributed by atoms with E-state index in [4.69, 9.17) is 13.8 Å². The number of benzene rings is 2. The van der Waals surface area contributed by atoms with Crippen molar-refractivity contribution in [3.8, 4) is 34.3 Å². The molecule has 1 saturated heterocycles. The van der Waals surface area contributed by atoms with Crippen LogP contribution in [0.2, 0.25) is 0 Å². The molecule has 1 aliphatic rings. The summed E-state index contributed by atoms with van der Waals surface area (Å²) in [5.41, 5.74) is -0.131. The van der Waals surface area contributed by atoms with Gasteiger partial charge in [0.05, 0.1) is 18.6 Å². The molecule has 12 heteroatoms. The maximum Gasteiger partial charge on any atom is 0.422 e. The average Bonchev–Trinajstić information content (AvgIpc) is 3.62. The average molecular weight is 557 g/mol. The molecule has 0 bridgehead atoms. The SMILES string of the molecule is CCOC(=O)C1CCCN(C[C@@H](O)c2ccc(-c3noc(-c4onc(-c5ccccc5)c4C(F)(F)F)n3)cc2)C1. The van der Waals surface area contributed by atoms with Gasteiger partial charge >= 0.3 is 12.1 Å². The number of β-amino-alcohol motifs (C(OH)–C–C–N with tert-alkyl or cyclic N) is 1. The highest BCUT2D eigenvalue weighted by Gasteiger charge is 2.43. The number of carbonyl (C=O) groups excluding carboxylic acids is 1. The summed E-state index contributed by atoms with van der Waals surface area (Å²) in [5.74, 6) is -1.49. The van der Waals surface area contributed by atoms with E-state index >= 15 is 0 Å². The number of piperidine rings is 1. The zero-order chi connectivity index (χ0) is 28.3. The molecule has 1 N–H and O–H groups in total. The Morgan fingerprint density at radius 3 is 2.55 bits per heavy atom. The van der Waals surface area contributed by atoms with Crippen molar-refractivity contribution < 1.29 is 36.9 Å². The first-order chi connectivity index (χ1) is 19.2. The van der Waals surface area contributed by atoms with E-state index in [1.165, 1.54) is 12.1 Å². The molecule has 5 rings (SSSR count). The third-order valence-electron chi connectivity index (χ3n) is 6.75. The zero-order valence-electron chi connectivity index (χ0n) is 21.6. The van der Waals surface area contributed by atoms with E-state index in [1.54, 1.807) is 49.4 Å². The molecule has 4 aromatic rings. The number of hydrogen-bond acceptors (Lipinski definition) is 9. The molecule has 2 aromatic carbocycles. The lowest BCUT2D eigenvalue weighted by Crippen LogP contribution is -2.41. The molecule has 2 aromatic heterocycles. The summed E-state index contributed by atoms with van der Waals surface area (Å²) < 4.78 is 57.3. The largest absolute Gasteiger partial charge is 0.466 e. The van der Waals surface area contributed by atoms with Gasteiger partial charge in [0.25, 0.3) is 5.89 Å². The molecular weight excluding hydrogens is 529 g/mol. The zero-order valence-corrected chi connectivity index (χ0v) is 21.6. The second-order valence-corrected chi connectivity index (χ2v) is 9.51. The molecule has 3 heterocycles. The van der Waals surface area contributed by atoms with Crippen molar-refractivity contribution in [3.63, 3.8) is 0 Å². The van der Waals surface area contributed by atoms with Crippen molar-refractivity contribution in [1.29, 1.82) is 0 Å². The van der Waals surface area contributed by atoms with E-state index in [1.807, 2.05) is 4.90 Å². The van der Waals surface area contributed by atoms with Crippen LogP contribution in [0.3, 0.4) is 0 Å². The van der Waals surface area contributed by atoms with E-state index in [-0.39, 0.29) is 29.0 Å². The Hall–Kier alpha value is -4.03. The molecule has 0 spiro atoms. The number of ether oxygens (including phenoxy) is 1. The van der Waals surface area contributed by atoms with Crippen LogP contribution in [0.1, 0.15) is 37.0 Å². The minimum absolute atomic E-state index is 0.0511. The van der Waals surface area contributed by atoms with Crippen LogP contribution in [0.15, 0.2) is 63.6 Å². The highest BCUT2D eigenvalue weighted by atomic mass is 19.4. The molecule has 0 saturated carbocycles. The van der Waals surface area contributed by atoms with Gasteiger partial charge in [0.15, 0.2) is 0 Å². The Bertz CT molecular complexity index is 1440. The van der Waals surface area contributed by atoms with Crippen molar-refractivity contribution in [3.05, 3.63) is 65.7 Å². The van der Waals surface area contributed by atoms with Crippen molar-refractivity contribution in [2.24, 2.45) is 5.92 Å². The fourth-order valence-electron chi connectivity index (χ4n) is 4.80. The molecule has 210 valence electrons. The van der Waals surface area contributed by atoms with Gasteiger partial charge in [-0.05, 0) is 31.9 Å². The smallest absolute Gasteiger partial charge is 0.422 e. The highest BCUT2D eigenvalue weighted by Crippen LogP contribution is 2.43. The number of halogens is 3. The van der Waals surface area contributed by atoms with Gasteiger partial charge in [-0.2, -0.15) is 18.2 Å². The van der Waals surface area contributed by atoms with E-state index in [0.29, 0.717) is 30.8 Å². The van der Waals surface area contributed by atoms with Gasteiger partial charge in [-0.1, -0.05) is 64.9 Å². The predicted molar refractivity (Wildman–Crippen MR) is 136 cm³/mol. The van der Waals surface area contributed by atoms with E-state index < -0.39 is 29.5 Å². The maximum absolute atomic E-state index is 14.0. The van der Waals surface area contributed by atoms with Gasteiger partial charge in [-0.25, -0.2) is 0 Å². The van der Waals surface area contributed by atoms with E-state index in [9.17, 15) is 23.1 Å². The third-order valence-corrected chi connectivity index (χ3v) is 6.75. The number of hydrogen-bond donors (Lipinski definition) is 1. The molecule has 2 atom stereocenters. The molecule has 0 amide bonds. The Morgan fingerprint density at radius 2 is 1.85 bits per heavy atom. The molecular formula is C28H27F3N4O5. The van der Waals surface area contributed by atoms with Gasteiger partial charge in [-0.15, -0.1) is 0 Å². The van der Waals surface area contributed by atoms with Crippen LogP contribution < -0.4 is 0 Å². The molecule has 1 unspecified atom stereocenters. The molecule has 40 heavy (non-hydrogen) atoms. The Kier molecular flexibility index (Phi) is 7.99. The molecule has 1 aliphatic heterocycles. The summed E-state index contributed by atoms with van der Waals surface area (Å²) >= 11 is 0. The molecule has 0 aliphatic carbocycles. The standard InChI is InChI=1S/C28H27F3N4O5/c1-2-38-27(37)20-9-6-14-35(15-20)16-21(36)17-10-12-19(13-11-17)25-32-26(40-34-25)24-22(28(29,30)31)23(33-39-24)18-7-4-3-5-8-18/h3-5,7-8,10-13,20-21,36H,2,6,9,14-16H2,1H3/t20?,21-/m1/s1. The van der Waals surface area contributed by atoms with Crippen LogP contribution in [-0.4, -0.2) is 57.5 Å². The monoisotopic (exact) mass is 556 g/mol. The molecule has 0 radical (unpaired) electrons. The molecule has 1 fully saturated rings. The summed E-state index contributed by atoms with van der Waals surface area (Å²) in [6.45, 7) is 3.74. The molecule has 9 nitrogen and oxygen atoms in total. The van der Waals surface area contributed by atoms with Crippen molar-refractivity contribution in [1.82, 2.24) is 20.2 Å². The lowest BCUT2D eigenvalue weighted by molar-refractivity contribution is -0.150. The number of rotatable bonds is 8. The fraction of sp³-hybridized carbons (Fsp3) is 0.357. The Labute approximate surface area is 227 Å². The van der Waals surface area contributed by atoms with E-state index in [2.05, 4.69) is 15.3 Å². The van der Waals surface area contributed by atoms with Gasteiger partial charge in [0.1, 0.15) is 11.3 Å². The van der Waals surface area contributed by atoms with Crippen LogP contribution in [0.4, 0.5) is 13.2 Å². The summed E-state index contributed by atoms with van der Waals surface area (Å²) in [7, 11) is 0. The first kappa shape index (κ1) is 27.5. The lowest BCUT2D eigenvalue weighted by atomic mass is 9.97. The van der Waals surface area contributed by atoms with Crippen LogP contribution in [0.25, 0.3) is 34.3 Å². The van der Waals surface area contributed by atoms with Crippen molar-refractivity contribution >= 4 is 5.97 Å². The minimum Gasteiger partial charge on any atom is -0.466 e. The number of alkyl halides is 3. The van der Waals surface area contributed by atoms with Crippen molar-refractivity contribution in [2.75, 3.05) is 26.2 Å². The Balaban J connectivity index is 1.30. The number of aliphatic hydroxyl groups excluding tert-OH is 1. The summed E-state index contributed by atoms with van der Waals surface area (Å²) in [6, 6.07) is 14.5. The van der Waals surface area contributed by atoms with Crippen molar-refractivity contribution in [2.45, 2.75) is 32.0 Å². The minimum atomic E-state index is -4.78. The van der Waals surface area contributed by atoms with Gasteiger partial charge in [0.2, 0.25) is 11.6 Å².